The van der Waals surface area contributed by atoms with Crippen LogP contribution in [0, 0.1) is 0 Å². The number of rotatable bonds is 11. The molecule has 1 heteroatoms. The van der Waals surface area contributed by atoms with Crippen LogP contribution in [-0.2, 0) is 5.41 Å². The first kappa shape index (κ1) is 46.5. The summed E-state index contributed by atoms with van der Waals surface area (Å²) in [7, 11) is 0. The molecular formula is C77H53N. The Hall–Kier alpha value is -10.1. The molecule has 0 aromatic heterocycles. The lowest BCUT2D eigenvalue weighted by atomic mass is 9.67. The summed E-state index contributed by atoms with van der Waals surface area (Å²) in [6.45, 7) is 0. The van der Waals surface area contributed by atoms with Crippen molar-refractivity contribution in [1.82, 2.24) is 0 Å². The van der Waals surface area contributed by atoms with E-state index >= 15 is 0 Å². The molecule has 13 aromatic carbocycles. The summed E-state index contributed by atoms with van der Waals surface area (Å²) < 4.78 is 0. The summed E-state index contributed by atoms with van der Waals surface area (Å²) in [5, 5.41) is 2.51. The van der Waals surface area contributed by atoms with Crippen molar-refractivity contribution in [2.45, 2.75) is 5.41 Å². The smallest absolute Gasteiger partial charge is 0.0713 e. The van der Waals surface area contributed by atoms with Crippen LogP contribution < -0.4 is 4.90 Å². The Morgan fingerprint density at radius 2 is 0.590 bits per heavy atom. The fourth-order valence-electron chi connectivity index (χ4n) is 12.2. The summed E-state index contributed by atoms with van der Waals surface area (Å²) in [6.07, 6.45) is 0. The molecule has 0 heterocycles. The highest BCUT2D eigenvalue weighted by Gasteiger charge is 2.46. The Labute approximate surface area is 457 Å². The predicted molar refractivity (Wildman–Crippen MR) is 329 cm³/mol. The molecule has 0 N–H and O–H groups in total. The van der Waals surface area contributed by atoms with Crippen molar-refractivity contribution in [2.75, 3.05) is 4.90 Å². The van der Waals surface area contributed by atoms with Crippen molar-refractivity contribution >= 4 is 27.8 Å². The van der Waals surface area contributed by atoms with Crippen LogP contribution in [0.3, 0.4) is 0 Å². The Kier molecular flexibility index (Phi) is 11.8. The van der Waals surface area contributed by atoms with Gasteiger partial charge in [0, 0.05) is 17.1 Å². The van der Waals surface area contributed by atoms with E-state index in [0.717, 1.165) is 28.2 Å². The van der Waals surface area contributed by atoms with Crippen molar-refractivity contribution in [3.63, 3.8) is 0 Å². The van der Waals surface area contributed by atoms with Crippen molar-refractivity contribution < 1.29 is 0 Å². The molecule has 0 bridgehead atoms. The first-order valence-corrected chi connectivity index (χ1v) is 27.0. The van der Waals surface area contributed by atoms with Crippen molar-refractivity contribution in [1.29, 1.82) is 0 Å². The molecule has 13 aromatic rings. The molecule has 1 aliphatic rings. The molecule has 78 heavy (non-hydrogen) atoms. The molecule has 0 unspecified atom stereocenters. The SMILES string of the molecule is c1ccc(-c2cccc(-c3cccc(N(c4ccc(-c5ccc(-c6cccc(-c7ccc8ccccc8c7)c6)cc5)cc4)c4ccc(-c5cccc6c5-c5ccccc5C6(c5ccccc5)c5ccccc5)cc4)c3)c2)cc1. The minimum absolute atomic E-state index is 0.466. The van der Waals surface area contributed by atoms with Gasteiger partial charge in [0.15, 0.2) is 0 Å². The molecule has 14 rings (SSSR count). The molecule has 366 valence electrons. The minimum atomic E-state index is -0.466. The quantitative estimate of drug-likeness (QED) is 0.125. The molecule has 0 saturated heterocycles. The first-order chi connectivity index (χ1) is 38.7. The molecule has 1 aliphatic carbocycles. The van der Waals surface area contributed by atoms with Crippen LogP contribution >= 0.6 is 0 Å². The van der Waals surface area contributed by atoms with Crippen molar-refractivity contribution in [3.8, 4) is 77.9 Å². The van der Waals surface area contributed by atoms with Gasteiger partial charge in [-0.05, 0) is 166 Å². The summed E-state index contributed by atoms with van der Waals surface area (Å²) in [5.41, 5.74) is 24.8. The van der Waals surface area contributed by atoms with Gasteiger partial charge in [0.1, 0.15) is 0 Å². The molecule has 0 aliphatic heterocycles. The number of anilines is 3. The maximum absolute atomic E-state index is 2.39. The van der Waals surface area contributed by atoms with Gasteiger partial charge in [0.25, 0.3) is 0 Å². The summed E-state index contributed by atoms with van der Waals surface area (Å²) in [5.74, 6) is 0. The molecule has 0 atom stereocenters. The van der Waals surface area contributed by atoms with E-state index in [1.807, 2.05) is 0 Å². The topological polar surface area (TPSA) is 3.24 Å². The largest absolute Gasteiger partial charge is 0.310 e. The normalized spacial score (nSPS) is 12.2. The van der Waals surface area contributed by atoms with E-state index in [1.54, 1.807) is 0 Å². The van der Waals surface area contributed by atoms with E-state index in [0.29, 0.717) is 0 Å². The lowest BCUT2D eigenvalue weighted by molar-refractivity contribution is 0.768. The van der Waals surface area contributed by atoms with E-state index in [9.17, 15) is 0 Å². The number of nitrogens with zero attached hydrogens (tertiary/aromatic N) is 1. The zero-order valence-corrected chi connectivity index (χ0v) is 43.0. The summed E-state index contributed by atoms with van der Waals surface area (Å²) >= 11 is 0. The molecule has 1 nitrogen and oxygen atoms in total. The summed E-state index contributed by atoms with van der Waals surface area (Å²) in [4.78, 5) is 2.39. The maximum Gasteiger partial charge on any atom is 0.0713 e. The third-order valence-electron chi connectivity index (χ3n) is 15.9. The van der Waals surface area contributed by atoms with Gasteiger partial charge in [-0.1, -0.05) is 267 Å². The van der Waals surface area contributed by atoms with Crippen LogP contribution in [-0.4, -0.2) is 0 Å². The van der Waals surface area contributed by atoms with Gasteiger partial charge >= 0.3 is 0 Å². The number of fused-ring (bicyclic) bond motifs is 4. The zero-order valence-electron chi connectivity index (χ0n) is 43.0. The van der Waals surface area contributed by atoms with Gasteiger partial charge in [-0.25, -0.2) is 0 Å². The monoisotopic (exact) mass is 991 g/mol. The summed E-state index contributed by atoms with van der Waals surface area (Å²) in [6, 6.07) is 118. The van der Waals surface area contributed by atoms with Gasteiger partial charge in [-0.15, -0.1) is 0 Å². The predicted octanol–water partition coefficient (Wildman–Crippen LogP) is 20.7. The third-order valence-corrected chi connectivity index (χ3v) is 15.9. The third kappa shape index (κ3) is 8.30. The van der Waals surface area contributed by atoms with Gasteiger partial charge in [0.05, 0.1) is 5.41 Å². The molecule has 0 spiro atoms. The van der Waals surface area contributed by atoms with E-state index < -0.39 is 5.41 Å². The Bertz CT molecular complexity index is 4230. The highest BCUT2D eigenvalue weighted by atomic mass is 15.1. The second-order valence-electron chi connectivity index (χ2n) is 20.4. The van der Waals surface area contributed by atoms with Crippen LogP contribution in [0.5, 0.6) is 0 Å². The molecular weight excluding hydrogens is 939 g/mol. The second kappa shape index (κ2) is 19.9. The van der Waals surface area contributed by atoms with E-state index in [2.05, 4.69) is 326 Å². The highest BCUT2D eigenvalue weighted by Crippen LogP contribution is 2.58. The fraction of sp³-hybridized carbons (Fsp3) is 0.0130. The van der Waals surface area contributed by atoms with E-state index in [1.165, 1.54) is 99.8 Å². The number of hydrogen-bond donors (Lipinski definition) is 0. The lowest BCUT2D eigenvalue weighted by Gasteiger charge is -2.34. The molecule has 0 amide bonds. The van der Waals surface area contributed by atoms with Crippen LogP contribution in [0.2, 0.25) is 0 Å². The van der Waals surface area contributed by atoms with E-state index in [4.69, 9.17) is 0 Å². The van der Waals surface area contributed by atoms with Crippen molar-refractivity contribution in [2.24, 2.45) is 0 Å². The van der Waals surface area contributed by atoms with Gasteiger partial charge in [-0.2, -0.15) is 0 Å². The van der Waals surface area contributed by atoms with Crippen molar-refractivity contribution in [3.05, 3.63) is 344 Å². The molecule has 0 saturated carbocycles. The van der Waals surface area contributed by atoms with Gasteiger partial charge in [-0.3, -0.25) is 0 Å². The number of benzene rings is 13. The van der Waals surface area contributed by atoms with Crippen LogP contribution in [0.25, 0.3) is 88.7 Å². The first-order valence-electron chi connectivity index (χ1n) is 27.0. The highest BCUT2D eigenvalue weighted by molar-refractivity contribution is 5.96. The second-order valence-corrected chi connectivity index (χ2v) is 20.4. The molecule has 0 radical (unpaired) electrons. The number of hydrogen-bond acceptors (Lipinski definition) is 1. The zero-order chi connectivity index (χ0) is 51.8. The fourth-order valence-corrected chi connectivity index (χ4v) is 12.2. The Balaban J connectivity index is 0.829. The van der Waals surface area contributed by atoms with E-state index in [-0.39, 0.29) is 0 Å². The molecule has 0 fully saturated rings. The average molecular weight is 992 g/mol. The standard InChI is InChI=1S/C77H53N/c1-4-18-54(19-5-1)61-22-14-24-63(50-61)65-26-16-31-71(53-65)78(69-46-42-57(43-47-69)56-36-38-58(39-37-56)62-23-15-25-64(51-62)66-41-40-55-20-10-11-21-60(55)52-66)70-48-44-59(45-49-70)72-33-17-35-75-76(72)73-32-12-13-34-74(73)77(75,67-27-6-2-7-28-67)68-29-8-3-9-30-68/h1-53H. The Morgan fingerprint density at radius 1 is 0.205 bits per heavy atom. The Morgan fingerprint density at radius 3 is 1.21 bits per heavy atom. The van der Waals surface area contributed by atoms with Crippen LogP contribution in [0.15, 0.2) is 322 Å². The van der Waals surface area contributed by atoms with Gasteiger partial charge < -0.3 is 4.90 Å². The van der Waals surface area contributed by atoms with Crippen LogP contribution in [0.1, 0.15) is 22.3 Å². The average Bonchev–Trinajstić information content (AvgIpc) is 3.71. The maximum atomic E-state index is 2.39. The lowest BCUT2D eigenvalue weighted by Crippen LogP contribution is -2.28. The minimum Gasteiger partial charge on any atom is -0.310 e. The van der Waals surface area contributed by atoms with Crippen LogP contribution in [0.4, 0.5) is 17.1 Å². The van der Waals surface area contributed by atoms with Gasteiger partial charge in [0.2, 0.25) is 0 Å².